The molecule has 5 unspecified atom stereocenters. The number of fused-ring (bicyclic) bond motifs is 1. The number of aromatic nitrogens is 1. The molecule has 13 N–H and O–H groups in total. The summed E-state index contributed by atoms with van der Waals surface area (Å²) in [6.45, 7) is 3.75. The van der Waals surface area contributed by atoms with Crippen molar-refractivity contribution in [3.63, 3.8) is 0 Å². The molecule has 2 rings (SSSR count). The molecule has 15 nitrogen and oxygen atoms in total. The summed E-state index contributed by atoms with van der Waals surface area (Å²) in [5, 5.41) is 18.4. The molecule has 2 aromatic rings. The van der Waals surface area contributed by atoms with Gasteiger partial charge in [0, 0.05) is 36.5 Å². The number of aliphatic carboxylic acids is 1. The standard InChI is InChI=1S/C28H43N9O6/c1-3-15(2)23(26(41)35-20(27(42)43)9-6-12-33-28(31)32)37-25(40)21(36-24(39)18(29)10-11-22(30)38)13-16-14-34-19-8-5-4-7-17(16)19/h4-5,7-8,14-15,18,20-21,23,34H,3,6,9-13,29H2,1-2H3,(H2,30,38)(H,35,41)(H,36,39)(H,37,40)(H,42,43)(H4,31,32,33). The summed E-state index contributed by atoms with van der Waals surface area (Å²) >= 11 is 0. The van der Waals surface area contributed by atoms with Gasteiger partial charge in [-0.3, -0.25) is 24.2 Å². The average Bonchev–Trinajstić information content (AvgIpc) is 3.37. The Morgan fingerprint density at radius 1 is 0.953 bits per heavy atom. The smallest absolute Gasteiger partial charge is 0.326 e. The summed E-state index contributed by atoms with van der Waals surface area (Å²) in [7, 11) is 0. The lowest BCUT2D eigenvalue weighted by Crippen LogP contribution is -2.59. The van der Waals surface area contributed by atoms with Gasteiger partial charge in [0.1, 0.15) is 18.1 Å². The fourth-order valence-electron chi connectivity index (χ4n) is 4.42. The number of aromatic amines is 1. The fraction of sp³-hybridized carbons (Fsp3) is 0.500. The number of H-pyrrole nitrogens is 1. The van der Waals surface area contributed by atoms with Crippen LogP contribution < -0.4 is 38.9 Å². The topological polar surface area (TPSA) is 274 Å². The van der Waals surface area contributed by atoms with Gasteiger partial charge >= 0.3 is 5.97 Å². The van der Waals surface area contributed by atoms with Crippen molar-refractivity contribution in [1.82, 2.24) is 20.9 Å². The van der Waals surface area contributed by atoms with Gasteiger partial charge in [-0.2, -0.15) is 0 Å². The molecule has 0 radical (unpaired) electrons. The molecule has 5 atom stereocenters. The van der Waals surface area contributed by atoms with Crippen molar-refractivity contribution in [2.24, 2.45) is 33.8 Å². The Morgan fingerprint density at radius 2 is 1.63 bits per heavy atom. The minimum absolute atomic E-state index is 0.0136. The quantitative estimate of drug-likeness (QED) is 0.0571. The highest BCUT2D eigenvalue weighted by Crippen LogP contribution is 2.20. The van der Waals surface area contributed by atoms with Crippen LogP contribution in [0.2, 0.25) is 0 Å². The Hall–Kier alpha value is -4.66. The zero-order valence-corrected chi connectivity index (χ0v) is 24.5. The zero-order chi connectivity index (χ0) is 32.1. The summed E-state index contributed by atoms with van der Waals surface area (Å²) in [6, 6.07) is 2.82. The van der Waals surface area contributed by atoms with E-state index in [4.69, 9.17) is 22.9 Å². The number of nitrogens with two attached hydrogens (primary N) is 4. The first kappa shape index (κ1) is 34.5. The van der Waals surface area contributed by atoms with Crippen LogP contribution in [0.1, 0.15) is 51.5 Å². The first-order valence-corrected chi connectivity index (χ1v) is 14.1. The third-order valence-corrected chi connectivity index (χ3v) is 7.12. The molecule has 43 heavy (non-hydrogen) atoms. The van der Waals surface area contributed by atoms with Crippen molar-refractivity contribution in [2.45, 2.75) is 76.5 Å². The number of rotatable bonds is 18. The van der Waals surface area contributed by atoms with E-state index in [2.05, 4.69) is 25.9 Å². The second-order valence-electron chi connectivity index (χ2n) is 10.5. The number of carboxylic acid groups (broad SMARTS) is 1. The maximum Gasteiger partial charge on any atom is 0.326 e. The number of carbonyl (C=O) groups is 5. The molecular formula is C28H43N9O6. The van der Waals surface area contributed by atoms with Gasteiger partial charge in [-0.1, -0.05) is 38.5 Å². The molecule has 15 heteroatoms. The highest BCUT2D eigenvalue weighted by atomic mass is 16.4. The van der Waals surface area contributed by atoms with E-state index in [-0.39, 0.29) is 44.1 Å². The first-order valence-electron chi connectivity index (χ1n) is 14.1. The van der Waals surface area contributed by atoms with Crippen LogP contribution in [0.25, 0.3) is 10.9 Å². The lowest BCUT2D eigenvalue weighted by molar-refractivity contribution is -0.143. The average molecular weight is 602 g/mol. The van der Waals surface area contributed by atoms with E-state index in [9.17, 15) is 29.1 Å². The van der Waals surface area contributed by atoms with Gasteiger partial charge in [0.2, 0.25) is 23.6 Å². The molecular weight excluding hydrogens is 558 g/mol. The van der Waals surface area contributed by atoms with Gasteiger partial charge < -0.3 is 49.0 Å². The molecule has 0 saturated carbocycles. The molecule has 1 heterocycles. The number of nitrogens with zero attached hydrogens (tertiary/aromatic N) is 1. The molecule has 4 amide bonds. The minimum Gasteiger partial charge on any atom is -0.480 e. The van der Waals surface area contributed by atoms with Crippen molar-refractivity contribution < 1.29 is 29.1 Å². The summed E-state index contributed by atoms with van der Waals surface area (Å²) in [5.41, 5.74) is 23.3. The number of hydrogen-bond donors (Lipinski definition) is 9. The second kappa shape index (κ2) is 16.7. The largest absolute Gasteiger partial charge is 0.480 e. The van der Waals surface area contributed by atoms with Crippen LogP contribution in [0.4, 0.5) is 0 Å². The molecule has 0 spiro atoms. The van der Waals surface area contributed by atoms with E-state index in [1.807, 2.05) is 31.2 Å². The lowest BCUT2D eigenvalue weighted by Gasteiger charge is -2.28. The van der Waals surface area contributed by atoms with Crippen molar-refractivity contribution in [1.29, 1.82) is 0 Å². The van der Waals surface area contributed by atoms with E-state index in [1.54, 1.807) is 13.1 Å². The van der Waals surface area contributed by atoms with Crippen molar-refractivity contribution in [3.8, 4) is 0 Å². The van der Waals surface area contributed by atoms with E-state index in [0.29, 0.717) is 12.8 Å². The number of carboxylic acids is 1. The third-order valence-electron chi connectivity index (χ3n) is 7.12. The molecule has 0 aliphatic carbocycles. The molecule has 236 valence electrons. The van der Waals surface area contributed by atoms with Crippen LogP contribution in [0.5, 0.6) is 0 Å². The Labute approximate surface area is 249 Å². The van der Waals surface area contributed by atoms with Crippen molar-refractivity contribution in [2.75, 3.05) is 6.54 Å². The number of benzene rings is 1. The number of guanidine groups is 1. The number of aliphatic imine (C=N–C) groups is 1. The minimum atomic E-state index is -1.25. The maximum atomic E-state index is 13.7. The highest BCUT2D eigenvalue weighted by molar-refractivity contribution is 5.95. The van der Waals surface area contributed by atoms with Crippen molar-refractivity contribution in [3.05, 3.63) is 36.0 Å². The highest BCUT2D eigenvalue weighted by Gasteiger charge is 2.33. The Kier molecular flexibility index (Phi) is 13.4. The van der Waals surface area contributed by atoms with Crippen LogP contribution in [-0.2, 0) is 30.4 Å². The van der Waals surface area contributed by atoms with E-state index in [0.717, 1.165) is 16.5 Å². The molecule has 0 aliphatic heterocycles. The Balaban J connectivity index is 2.27. The summed E-state index contributed by atoms with van der Waals surface area (Å²) < 4.78 is 0. The van der Waals surface area contributed by atoms with Crippen LogP contribution >= 0.6 is 0 Å². The second-order valence-corrected chi connectivity index (χ2v) is 10.5. The molecule has 0 saturated heterocycles. The monoisotopic (exact) mass is 601 g/mol. The number of nitrogens with one attached hydrogen (secondary N) is 4. The van der Waals surface area contributed by atoms with E-state index >= 15 is 0 Å². The van der Waals surface area contributed by atoms with Crippen LogP contribution in [0.15, 0.2) is 35.5 Å². The number of para-hydroxylation sites is 1. The summed E-state index contributed by atoms with van der Waals surface area (Å²) in [6.07, 6.45) is 2.50. The van der Waals surface area contributed by atoms with Crippen molar-refractivity contribution >= 4 is 46.5 Å². The third kappa shape index (κ3) is 10.9. The molecule has 1 aromatic carbocycles. The van der Waals surface area contributed by atoms with Gasteiger partial charge in [0.25, 0.3) is 0 Å². The van der Waals surface area contributed by atoms with Gasteiger partial charge in [-0.05, 0) is 36.8 Å². The van der Waals surface area contributed by atoms with Crippen LogP contribution in [0.3, 0.4) is 0 Å². The van der Waals surface area contributed by atoms with Crippen LogP contribution in [-0.4, -0.2) is 76.4 Å². The van der Waals surface area contributed by atoms with Crippen LogP contribution in [0, 0.1) is 5.92 Å². The van der Waals surface area contributed by atoms with Gasteiger partial charge in [-0.15, -0.1) is 0 Å². The van der Waals surface area contributed by atoms with Gasteiger partial charge in [0.05, 0.1) is 6.04 Å². The first-order chi connectivity index (χ1) is 20.3. The van der Waals surface area contributed by atoms with Gasteiger partial charge in [0.15, 0.2) is 5.96 Å². The van der Waals surface area contributed by atoms with E-state index < -0.39 is 53.8 Å². The number of primary amides is 1. The summed E-state index contributed by atoms with van der Waals surface area (Å²) in [5.74, 6) is -4.40. The Bertz CT molecular complexity index is 1310. The Morgan fingerprint density at radius 3 is 2.26 bits per heavy atom. The molecule has 0 fully saturated rings. The predicted octanol–water partition coefficient (Wildman–Crippen LogP) is -1.06. The van der Waals surface area contributed by atoms with Gasteiger partial charge in [-0.25, -0.2) is 4.79 Å². The lowest BCUT2D eigenvalue weighted by atomic mass is 9.96. The number of hydrogen-bond acceptors (Lipinski definition) is 7. The normalized spacial score (nSPS) is 14.5. The number of carbonyl (C=O) groups excluding carboxylic acids is 4. The zero-order valence-electron chi connectivity index (χ0n) is 24.5. The maximum absolute atomic E-state index is 13.7. The molecule has 0 aliphatic rings. The number of amides is 4. The van der Waals surface area contributed by atoms with E-state index in [1.165, 1.54) is 0 Å². The molecule has 0 bridgehead atoms. The SMILES string of the molecule is CCC(C)C(NC(=O)C(Cc1c[nH]c2ccccc12)NC(=O)C(N)CCC(N)=O)C(=O)NC(CCCN=C(N)N)C(=O)O. The fourth-order valence-corrected chi connectivity index (χ4v) is 4.42. The summed E-state index contributed by atoms with van der Waals surface area (Å²) in [4.78, 5) is 69.9. The molecule has 1 aromatic heterocycles. The predicted molar refractivity (Wildman–Crippen MR) is 161 cm³/mol.